The number of rotatable bonds is 5. The highest BCUT2D eigenvalue weighted by Gasteiger charge is 2.33. The van der Waals surface area contributed by atoms with Gasteiger partial charge in [-0.1, -0.05) is 6.07 Å². The van der Waals surface area contributed by atoms with Crippen LogP contribution < -0.4 is 20.1 Å². The second-order valence-electron chi connectivity index (χ2n) is 7.74. The lowest BCUT2D eigenvalue weighted by molar-refractivity contribution is -0.121. The van der Waals surface area contributed by atoms with Gasteiger partial charge in [0.25, 0.3) is 0 Å². The van der Waals surface area contributed by atoms with Crippen LogP contribution in [-0.4, -0.2) is 50.8 Å². The summed E-state index contributed by atoms with van der Waals surface area (Å²) < 4.78 is 38.5. The van der Waals surface area contributed by atoms with Gasteiger partial charge in [0.05, 0.1) is 4.90 Å². The van der Waals surface area contributed by atoms with Gasteiger partial charge in [0.2, 0.25) is 21.8 Å². The molecule has 32 heavy (non-hydrogen) atoms. The number of carbonyl (C=O) groups is 2. The minimum absolute atomic E-state index is 0.152. The van der Waals surface area contributed by atoms with E-state index in [1.165, 1.54) is 23.4 Å². The Balaban J connectivity index is 1.37. The molecule has 0 bridgehead atoms. The van der Waals surface area contributed by atoms with E-state index < -0.39 is 10.0 Å². The van der Waals surface area contributed by atoms with Crippen LogP contribution in [0.1, 0.15) is 19.8 Å². The van der Waals surface area contributed by atoms with Gasteiger partial charge in [0.1, 0.15) is 13.2 Å². The molecule has 10 heteroatoms. The van der Waals surface area contributed by atoms with Crippen LogP contribution in [0.15, 0.2) is 47.4 Å². The average Bonchev–Trinajstić information content (AvgIpc) is 2.78. The van der Waals surface area contributed by atoms with Crippen molar-refractivity contribution in [3.63, 3.8) is 0 Å². The van der Waals surface area contributed by atoms with Crippen LogP contribution in [0.2, 0.25) is 0 Å². The van der Waals surface area contributed by atoms with Gasteiger partial charge in [-0.2, -0.15) is 4.31 Å². The van der Waals surface area contributed by atoms with Crippen molar-refractivity contribution in [2.75, 3.05) is 36.9 Å². The van der Waals surface area contributed by atoms with Crippen LogP contribution in [0.3, 0.4) is 0 Å². The monoisotopic (exact) mass is 459 g/mol. The third-order valence-corrected chi connectivity index (χ3v) is 7.32. The van der Waals surface area contributed by atoms with E-state index >= 15 is 0 Å². The standard InChI is InChI=1S/C22H25N3O6S/c1-15(26)23-17-3-2-4-18(13-17)24-22(27)16-7-9-25(10-8-16)32(28,29)19-5-6-20-21(14-19)31-12-11-30-20/h2-6,13-14,16H,7-12H2,1H3,(H,23,26)(H,24,27). The highest BCUT2D eigenvalue weighted by molar-refractivity contribution is 7.89. The topological polar surface area (TPSA) is 114 Å². The molecule has 4 rings (SSSR count). The molecule has 2 aliphatic rings. The summed E-state index contributed by atoms with van der Waals surface area (Å²) >= 11 is 0. The van der Waals surface area contributed by atoms with Crippen molar-refractivity contribution in [2.24, 2.45) is 5.92 Å². The molecule has 0 saturated carbocycles. The zero-order chi connectivity index (χ0) is 22.7. The molecule has 2 amide bonds. The largest absolute Gasteiger partial charge is 0.486 e. The van der Waals surface area contributed by atoms with E-state index in [1.807, 2.05) is 0 Å². The van der Waals surface area contributed by atoms with Gasteiger partial charge >= 0.3 is 0 Å². The van der Waals surface area contributed by atoms with Gasteiger partial charge in [0, 0.05) is 43.4 Å². The number of benzene rings is 2. The summed E-state index contributed by atoms with van der Waals surface area (Å²) in [6.45, 7) is 2.73. The van der Waals surface area contributed by atoms with Gasteiger partial charge in [-0.15, -0.1) is 0 Å². The molecule has 0 aromatic heterocycles. The summed E-state index contributed by atoms with van der Waals surface area (Å²) in [6.07, 6.45) is 0.835. The molecule has 0 atom stereocenters. The van der Waals surface area contributed by atoms with Crippen molar-refractivity contribution < 1.29 is 27.5 Å². The molecule has 2 aliphatic heterocycles. The second kappa shape index (κ2) is 9.17. The highest BCUT2D eigenvalue weighted by atomic mass is 32.2. The first kappa shape index (κ1) is 22.1. The molecular formula is C22H25N3O6S. The number of carbonyl (C=O) groups excluding carboxylic acids is 2. The predicted molar refractivity (Wildman–Crippen MR) is 118 cm³/mol. The van der Waals surface area contributed by atoms with Gasteiger partial charge in [-0.25, -0.2) is 8.42 Å². The van der Waals surface area contributed by atoms with E-state index in [-0.39, 0.29) is 35.7 Å². The van der Waals surface area contributed by atoms with E-state index in [0.717, 1.165) is 0 Å². The number of nitrogens with one attached hydrogen (secondary N) is 2. The lowest BCUT2D eigenvalue weighted by Crippen LogP contribution is -2.41. The number of anilines is 2. The van der Waals surface area contributed by atoms with Crippen molar-refractivity contribution in [1.29, 1.82) is 0 Å². The Morgan fingerprint density at radius 1 is 0.938 bits per heavy atom. The summed E-state index contributed by atoms with van der Waals surface area (Å²) in [5, 5.41) is 5.53. The first-order valence-corrected chi connectivity index (χ1v) is 11.9. The number of amides is 2. The fraction of sp³-hybridized carbons (Fsp3) is 0.364. The number of ether oxygens (including phenoxy) is 2. The minimum atomic E-state index is -3.69. The number of piperidine rings is 1. The highest BCUT2D eigenvalue weighted by Crippen LogP contribution is 2.34. The second-order valence-corrected chi connectivity index (χ2v) is 9.67. The molecule has 0 unspecified atom stereocenters. The number of fused-ring (bicyclic) bond motifs is 1. The maximum absolute atomic E-state index is 13.1. The van der Waals surface area contributed by atoms with Crippen molar-refractivity contribution >= 4 is 33.2 Å². The lowest BCUT2D eigenvalue weighted by atomic mass is 9.97. The van der Waals surface area contributed by atoms with Crippen molar-refractivity contribution in [3.8, 4) is 11.5 Å². The summed E-state index contributed by atoms with van der Waals surface area (Å²) in [5.41, 5.74) is 1.17. The Hall–Kier alpha value is -3.11. The molecule has 170 valence electrons. The number of sulfonamides is 1. The molecule has 1 fully saturated rings. The Labute approximate surface area is 186 Å². The molecule has 0 aliphatic carbocycles. The molecule has 0 radical (unpaired) electrons. The number of hydrogen-bond acceptors (Lipinski definition) is 6. The molecule has 2 aromatic rings. The summed E-state index contributed by atoms with van der Waals surface area (Å²) in [5.74, 6) is 0.300. The van der Waals surface area contributed by atoms with Crippen LogP contribution in [0, 0.1) is 5.92 Å². The zero-order valence-electron chi connectivity index (χ0n) is 17.7. The Kier molecular flexibility index (Phi) is 6.33. The first-order chi connectivity index (χ1) is 15.3. The van der Waals surface area contributed by atoms with Crippen LogP contribution in [0.4, 0.5) is 11.4 Å². The van der Waals surface area contributed by atoms with E-state index in [0.29, 0.717) is 48.9 Å². The molecule has 2 N–H and O–H groups in total. The predicted octanol–water partition coefficient (Wildman–Crippen LogP) is 2.46. The van der Waals surface area contributed by atoms with E-state index in [1.54, 1.807) is 30.3 Å². The normalized spacial score (nSPS) is 16.9. The Morgan fingerprint density at radius 2 is 1.59 bits per heavy atom. The van der Waals surface area contributed by atoms with Crippen molar-refractivity contribution in [3.05, 3.63) is 42.5 Å². The molecule has 9 nitrogen and oxygen atoms in total. The maximum atomic E-state index is 13.1. The van der Waals surface area contributed by atoms with Gasteiger partial charge in [-0.05, 0) is 43.2 Å². The molecule has 0 spiro atoms. The summed E-state index contributed by atoms with van der Waals surface area (Å²) in [4.78, 5) is 24.1. The van der Waals surface area contributed by atoms with Crippen LogP contribution in [-0.2, 0) is 19.6 Å². The van der Waals surface area contributed by atoms with Crippen LogP contribution >= 0.6 is 0 Å². The fourth-order valence-corrected chi connectivity index (χ4v) is 5.30. The maximum Gasteiger partial charge on any atom is 0.243 e. The quantitative estimate of drug-likeness (QED) is 0.710. The molecular weight excluding hydrogens is 434 g/mol. The summed E-state index contributed by atoms with van der Waals surface area (Å²) in [7, 11) is -3.69. The third-order valence-electron chi connectivity index (χ3n) is 5.43. The number of nitrogens with zero attached hydrogens (tertiary/aromatic N) is 1. The van der Waals surface area contributed by atoms with E-state index in [4.69, 9.17) is 9.47 Å². The Bertz CT molecular complexity index is 1130. The minimum Gasteiger partial charge on any atom is -0.486 e. The smallest absolute Gasteiger partial charge is 0.243 e. The van der Waals surface area contributed by atoms with Crippen LogP contribution in [0.25, 0.3) is 0 Å². The number of hydrogen-bond donors (Lipinski definition) is 2. The summed E-state index contributed by atoms with van der Waals surface area (Å²) in [6, 6.07) is 11.5. The third kappa shape index (κ3) is 4.86. The Morgan fingerprint density at radius 3 is 2.28 bits per heavy atom. The fourth-order valence-electron chi connectivity index (χ4n) is 3.81. The zero-order valence-corrected chi connectivity index (χ0v) is 18.5. The van der Waals surface area contributed by atoms with Crippen molar-refractivity contribution in [1.82, 2.24) is 4.31 Å². The van der Waals surface area contributed by atoms with E-state index in [2.05, 4.69) is 10.6 Å². The van der Waals surface area contributed by atoms with Gasteiger partial charge in [-0.3, -0.25) is 9.59 Å². The van der Waals surface area contributed by atoms with Gasteiger partial charge < -0.3 is 20.1 Å². The van der Waals surface area contributed by atoms with Crippen molar-refractivity contribution in [2.45, 2.75) is 24.7 Å². The van der Waals surface area contributed by atoms with Crippen LogP contribution in [0.5, 0.6) is 11.5 Å². The van der Waals surface area contributed by atoms with Gasteiger partial charge in [0.15, 0.2) is 11.5 Å². The average molecular weight is 460 g/mol. The lowest BCUT2D eigenvalue weighted by Gasteiger charge is -2.31. The SMILES string of the molecule is CC(=O)Nc1cccc(NC(=O)C2CCN(S(=O)(=O)c3ccc4c(c3)OCCO4)CC2)c1. The molecule has 1 saturated heterocycles. The first-order valence-electron chi connectivity index (χ1n) is 10.4. The van der Waals surface area contributed by atoms with E-state index in [9.17, 15) is 18.0 Å². The molecule has 2 aromatic carbocycles. The molecule has 2 heterocycles.